The maximum atomic E-state index is 11.3. The van der Waals surface area contributed by atoms with Gasteiger partial charge in [0.2, 0.25) is 5.91 Å². The number of carboxylic acids is 1. The number of carbonyl (C=O) groups is 2. The molecule has 0 saturated carbocycles. The van der Waals surface area contributed by atoms with Gasteiger partial charge in [0.25, 0.3) is 0 Å². The average molecular weight is 184 g/mol. The zero-order valence-electron chi connectivity index (χ0n) is 7.19. The van der Waals surface area contributed by atoms with Crippen LogP contribution in [0.25, 0.3) is 0 Å². The maximum Gasteiger partial charge on any atom is 0.320 e. The van der Waals surface area contributed by atoms with Crippen LogP contribution in [0.2, 0.25) is 0 Å². The molecule has 2 saturated heterocycles. The summed E-state index contributed by atoms with van der Waals surface area (Å²) >= 11 is 0. The summed E-state index contributed by atoms with van der Waals surface area (Å²) in [5.41, 5.74) is 0. The van der Waals surface area contributed by atoms with Crippen LogP contribution >= 0.6 is 0 Å². The maximum absolute atomic E-state index is 11.3. The van der Waals surface area contributed by atoms with E-state index in [1.807, 2.05) is 0 Å². The standard InChI is InChI=1S/C8H12N2O3/c11-7-5-1-2-6(8(12)13)10(5)4-3-9-7/h5-6H,1-4H2,(H,9,11)(H,12,13)/t5-,6+/m0/s1. The Morgan fingerprint density at radius 3 is 3.00 bits per heavy atom. The van der Waals surface area contributed by atoms with Gasteiger partial charge in [-0.2, -0.15) is 0 Å². The molecule has 5 nitrogen and oxygen atoms in total. The van der Waals surface area contributed by atoms with Crippen LogP contribution in [0, 0.1) is 0 Å². The first kappa shape index (κ1) is 8.50. The fourth-order valence-corrected chi connectivity index (χ4v) is 2.15. The highest BCUT2D eigenvalue weighted by molar-refractivity contribution is 5.85. The number of hydrogen-bond donors (Lipinski definition) is 2. The predicted molar refractivity (Wildman–Crippen MR) is 44.2 cm³/mol. The molecule has 0 unspecified atom stereocenters. The molecule has 72 valence electrons. The molecular weight excluding hydrogens is 172 g/mol. The van der Waals surface area contributed by atoms with Crippen molar-refractivity contribution in [2.24, 2.45) is 0 Å². The molecule has 2 N–H and O–H groups in total. The summed E-state index contributed by atoms with van der Waals surface area (Å²) in [6.07, 6.45) is 1.26. The van der Waals surface area contributed by atoms with Gasteiger partial charge in [0, 0.05) is 13.1 Å². The van der Waals surface area contributed by atoms with E-state index in [1.54, 1.807) is 4.90 Å². The van der Waals surface area contributed by atoms with E-state index in [2.05, 4.69) is 5.32 Å². The average Bonchev–Trinajstić information content (AvgIpc) is 2.48. The van der Waals surface area contributed by atoms with Crippen LogP contribution in [-0.4, -0.2) is 47.1 Å². The summed E-state index contributed by atoms with van der Waals surface area (Å²) in [4.78, 5) is 23.9. The van der Waals surface area contributed by atoms with Crippen molar-refractivity contribution >= 4 is 11.9 Å². The zero-order valence-corrected chi connectivity index (χ0v) is 7.19. The van der Waals surface area contributed by atoms with Crippen molar-refractivity contribution in [1.29, 1.82) is 0 Å². The fraction of sp³-hybridized carbons (Fsp3) is 0.750. The molecule has 2 atom stereocenters. The number of hydrogen-bond acceptors (Lipinski definition) is 3. The number of carbonyl (C=O) groups excluding carboxylic acids is 1. The fourth-order valence-electron chi connectivity index (χ4n) is 2.15. The Labute approximate surface area is 75.7 Å². The highest BCUT2D eigenvalue weighted by Gasteiger charge is 2.42. The Bertz CT molecular complexity index is 248. The highest BCUT2D eigenvalue weighted by atomic mass is 16.4. The molecule has 0 radical (unpaired) electrons. The van der Waals surface area contributed by atoms with Crippen LogP contribution in [0.5, 0.6) is 0 Å². The molecule has 5 heteroatoms. The minimum atomic E-state index is -0.808. The largest absolute Gasteiger partial charge is 0.480 e. The third kappa shape index (κ3) is 1.29. The van der Waals surface area contributed by atoms with Crippen LogP contribution in [0.4, 0.5) is 0 Å². The molecule has 0 spiro atoms. The SMILES string of the molecule is O=C(O)[C@H]1CC[C@H]2C(=O)NCCN12. The Balaban J connectivity index is 2.14. The first-order valence-corrected chi connectivity index (χ1v) is 4.46. The Hall–Kier alpha value is -1.10. The van der Waals surface area contributed by atoms with Gasteiger partial charge in [0.1, 0.15) is 6.04 Å². The Morgan fingerprint density at radius 1 is 1.54 bits per heavy atom. The van der Waals surface area contributed by atoms with Gasteiger partial charge < -0.3 is 10.4 Å². The molecule has 2 heterocycles. The van der Waals surface area contributed by atoms with Crippen LogP contribution in [0.15, 0.2) is 0 Å². The van der Waals surface area contributed by atoms with Gasteiger partial charge in [0.05, 0.1) is 6.04 Å². The lowest BCUT2D eigenvalue weighted by atomic mass is 10.2. The number of nitrogens with zero attached hydrogens (tertiary/aromatic N) is 1. The normalized spacial score (nSPS) is 34.0. The Kier molecular flexibility index (Phi) is 1.95. The number of carboxylic acid groups (broad SMARTS) is 1. The Morgan fingerprint density at radius 2 is 2.31 bits per heavy atom. The van der Waals surface area contributed by atoms with Gasteiger partial charge in [-0.1, -0.05) is 0 Å². The topological polar surface area (TPSA) is 69.6 Å². The summed E-state index contributed by atoms with van der Waals surface area (Å²) < 4.78 is 0. The van der Waals surface area contributed by atoms with Gasteiger partial charge in [-0.3, -0.25) is 14.5 Å². The second kappa shape index (κ2) is 2.99. The molecule has 2 aliphatic rings. The minimum Gasteiger partial charge on any atom is -0.480 e. The van der Waals surface area contributed by atoms with Crippen LogP contribution in [-0.2, 0) is 9.59 Å². The highest BCUT2D eigenvalue weighted by Crippen LogP contribution is 2.25. The third-order valence-corrected chi connectivity index (χ3v) is 2.77. The molecule has 0 aromatic carbocycles. The number of piperazine rings is 1. The predicted octanol–water partition coefficient (Wildman–Crippen LogP) is -0.966. The summed E-state index contributed by atoms with van der Waals surface area (Å²) in [6, 6.07) is -0.647. The van der Waals surface area contributed by atoms with E-state index in [9.17, 15) is 9.59 Å². The van der Waals surface area contributed by atoms with Crippen molar-refractivity contribution in [3.8, 4) is 0 Å². The molecule has 2 fully saturated rings. The number of nitrogens with one attached hydrogen (secondary N) is 1. The molecule has 2 rings (SSSR count). The van der Waals surface area contributed by atoms with E-state index in [0.29, 0.717) is 25.9 Å². The van der Waals surface area contributed by atoms with Crippen LogP contribution in [0.3, 0.4) is 0 Å². The lowest BCUT2D eigenvalue weighted by molar-refractivity contribution is -0.144. The van der Waals surface area contributed by atoms with E-state index in [-0.39, 0.29) is 11.9 Å². The summed E-state index contributed by atoms with van der Waals surface area (Å²) in [5, 5.41) is 11.6. The van der Waals surface area contributed by atoms with E-state index >= 15 is 0 Å². The second-order valence-corrected chi connectivity index (χ2v) is 3.48. The first-order valence-electron chi connectivity index (χ1n) is 4.46. The van der Waals surface area contributed by atoms with Crippen LogP contribution in [0.1, 0.15) is 12.8 Å². The smallest absolute Gasteiger partial charge is 0.320 e. The second-order valence-electron chi connectivity index (χ2n) is 3.48. The molecule has 13 heavy (non-hydrogen) atoms. The molecular formula is C8H12N2O3. The van der Waals surface area contributed by atoms with E-state index < -0.39 is 12.0 Å². The zero-order chi connectivity index (χ0) is 9.42. The van der Waals surface area contributed by atoms with E-state index in [4.69, 9.17) is 5.11 Å². The first-order chi connectivity index (χ1) is 6.20. The number of aliphatic carboxylic acids is 1. The lowest BCUT2D eigenvalue weighted by Gasteiger charge is -2.31. The summed E-state index contributed by atoms with van der Waals surface area (Å²) in [5.74, 6) is -0.827. The van der Waals surface area contributed by atoms with Crippen molar-refractivity contribution in [3.63, 3.8) is 0 Å². The lowest BCUT2D eigenvalue weighted by Crippen LogP contribution is -2.55. The van der Waals surface area contributed by atoms with Gasteiger partial charge in [-0.05, 0) is 12.8 Å². The monoisotopic (exact) mass is 184 g/mol. The van der Waals surface area contributed by atoms with Crippen molar-refractivity contribution < 1.29 is 14.7 Å². The quantitative estimate of drug-likeness (QED) is 0.550. The molecule has 0 aliphatic carbocycles. The van der Waals surface area contributed by atoms with Crippen molar-refractivity contribution in [3.05, 3.63) is 0 Å². The van der Waals surface area contributed by atoms with Gasteiger partial charge in [-0.15, -0.1) is 0 Å². The van der Waals surface area contributed by atoms with Gasteiger partial charge in [-0.25, -0.2) is 0 Å². The van der Waals surface area contributed by atoms with Crippen molar-refractivity contribution in [2.75, 3.05) is 13.1 Å². The van der Waals surface area contributed by atoms with Crippen molar-refractivity contribution in [1.82, 2.24) is 10.2 Å². The molecule has 0 bridgehead atoms. The van der Waals surface area contributed by atoms with Gasteiger partial charge >= 0.3 is 5.97 Å². The van der Waals surface area contributed by atoms with Gasteiger partial charge in [0.15, 0.2) is 0 Å². The molecule has 1 amide bonds. The molecule has 2 aliphatic heterocycles. The molecule has 0 aromatic heterocycles. The van der Waals surface area contributed by atoms with Crippen molar-refractivity contribution in [2.45, 2.75) is 24.9 Å². The van der Waals surface area contributed by atoms with E-state index in [1.165, 1.54) is 0 Å². The third-order valence-electron chi connectivity index (χ3n) is 2.77. The minimum absolute atomic E-state index is 0.0185. The summed E-state index contributed by atoms with van der Waals surface area (Å²) in [6.45, 7) is 1.23. The summed E-state index contributed by atoms with van der Waals surface area (Å²) in [7, 11) is 0. The molecule has 0 aromatic rings. The van der Waals surface area contributed by atoms with Crippen LogP contribution < -0.4 is 5.32 Å². The number of rotatable bonds is 1. The number of amides is 1. The van der Waals surface area contributed by atoms with E-state index in [0.717, 1.165) is 0 Å². The number of fused-ring (bicyclic) bond motifs is 1.